The number of halogens is 2. The van der Waals surface area contributed by atoms with Gasteiger partial charge in [-0.25, -0.2) is 0 Å². The minimum Gasteiger partial charge on any atom is -0.398 e. The topological polar surface area (TPSA) is 72.3 Å². The molecule has 0 spiro atoms. The molecule has 2 atom stereocenters. The summed E-state index contributed by atoms with van der Waals surface area (Å²) < 4.78 is 0.722. The fourth-order valence-electron chi connectivity index (χ4n) is 1.13. The summed E-state index contributed by atoms with van der Waals surface area (Å²) in [7, 11) is 0. The smallest absolute Gasteiger partial charge is 0.0705 e. The number of rotatable bonds is 2. The highest BCUT2D eigenvalue weighted by Gasteiger charge is 2.16. The van der Waals surface area contributed by atoms with Gasteiger partial charge in [-0.15, -0.1) is 0 Å². The molecule has 14 heavy (non-hydrogen) atoms. The first kappa shape index (κ1) is 11.8. The largest absolute Gasteiger partial charge is 0.398 e. The summed E-state index contributed by atoms with van der Waals surface area (Å²) in [6.45, 7) is 1.62. The Labute approximate surface area is 96.2 Å². The van der Waals surface area contributed by atoms with Gasteiger partial charge >= 0.3 is 0 Å². The summed E-state index contributed by atoms with van der Waals surface area (Å²) in [5.74, 6) is 0. The zero-order chi connectivity index (χ0) is 10.9. The molecule has 5 heteroatoms. The number of nitrogen functional groups attached to an aromatic ring is 1. The molecule has 0 aliphatic rings. The maximum Gasteiger partial charge on any atom is 0.0705 e. The van der Waals surface area contributed by atoms with Crippen LogP contribution in [0.3, 0.4) is 0 Å². The van der Waals surface area contributed by atoms with Crippen molar-refractivity contribution in [2.75, 3.05) is 5.73 Å². The van der Waals surface area contributed by atoms with E-state index in [1.807, 2.05) is 0 Å². The lowest BCUT2D eigenvalue weighted by molar-refractivity contribution is 0.164. The second kappa shape index (κ2) is 4.49. The van der Waals surface area contributed by atoms with Crippen molar-refractivity contribution < 1.29 is 5.11 Å². The Morgan fingerprint density at radius 1 is 1.50 bits per heavy atom. The average Bonchev–Trinajstić information content (AvgIpc) is 2.10. The second-order valence-corrected chi connectivity index (χ2v) is 4.42. The van der Waals surface area contributed by atoms with Crippen LogP contribution in [0.4, 0.5) is 5.69 Å². The lowest BCUT2D eigenvalue weighted by Crippen LogP contribution is -2.24. The summed E-state index contributed by atoms with van der Waals surface area (Å²) in [5, 5.41) is 9.86. The Balaban J connectivity index is 3.15. The molecule has 78 valence electrons. The number of nitrogens with two attached hydrogens (primary N) is 2. The van der Waals surface area contributed by atoms with Crippen molar-refractivity contribution in [2.45, 2.75) is 19.1 Å². The Morgan fingerprint density at radius 3 is 2.57 bits per heavy atom. The van der Waals surface area contributed by atoms with Gasteiger partial charge in [-0.2, -0.15) is 0 Å². The number of anilines is 1. The van der Waals surface area contributed by atoms with Crippen molar-refractivity contribution in [3.05, 3.63) is 27.2 Å². The predicted octanol–water partition coefficient (Wildman–Crippen LogP) is 2.07. The zero-order valence-electron chi connectivity index (χ0n) is 7.67. The lowest BCUT2D eigenvalue weighted by atomic mass is 10.0. The fraction of sp³-hybridized carbons (Fsp3) is 0.333. The van der Waals surface area contributed by atoms with Crippen LogP contribution >= 0.6 is 27.5 Å². The molecular formula is C9H12BrClN2O. The zero-order valence-corrected chi connectivity index (χ0v) is 10.0. The van der Waals surface area contributed by atoms with Gasteiger partial charge in [-0.3, -0.25) is 0 Å². The molecule has 0 fully saturated rings. The third-order valence-corrected chi connectivity index (χ3v) is 3.20. The molecule has 0 unspecified atom stereocenters. The Morgan fingerprint density at radius 2 is 2.07 bits per heavy atom. The van der Waals surface area contributed by atoms with Crippen LogP contribution in [0.2, 0.25) is 5.02 Å². The van der Waals surface area contributed by atoms with Gasteiger partial charge in [-0.05, 0) is 40.5 Å². The standard InChI is InChI=1S/C9H12BrClN2O/c1-4(14)9(13)5-2-6(10)7(11)3-8(5)12/h2-4,9,14H,12-13H2,1H3/t4-,9+/m1/s1. The number of benzene rings is 1. The van der Waals surface area contributed by atoms with Gasteiger partial charge in [0.2, 0.25) is 0 Å². The van der Waals surface area contributed by atoms with Crippen LogP contribution in [0.15, 0.2) is 16.6 Å². The van der Waals surface area contributed by atoms with E-state index in [1.165, 1.54) is 0 Å². The van der Waals surface area contributed by atoms with E-state index in [1.54, 1.807) is 19.1 Å². The summed E-state index contributed by atoms with van der Waals surface area (Å²) in [6.07, 6.45) is -0.648. The molecule has 0 aliphatic heterocycles. The van der Waals surface area contributed by atoms with Crippen LogP contribution in [0.1, 0.15) is 18.5 Å². The van der Waals surface area contributed by atoms with Crippen molar-refractivity contribution in [1.29, 1.82) is 0 Å². The van der Waals surface area contributed by atoms with Gasteiger partial charge in [0.1, 0.15) is 0 Å². The average molecular weight is 280 g/mol. The summed E-state index contributed by atoms with van der Waals surface area (Å²) in [4.78, 5) is 0. The van der Waals surface area contributed by atoms with E-state index >= 15 is 0 Å². The first-order valence-corrected chi connectivity index (χ1v) is 5.28. The van der Waals surface area contributed by atoms with Crippen LogP contribution in [0.5, 0.6) is 0 Å². The SMILES string of the molecule is C[C@@H](O)[C@H](N)c1cc(Br)c(Cl)cc1N. The molecule has 0 aromatic heterocycles. The van der Waals surface area contributed by atoms with Crippen molar-refractivity contribution in [3.63, 3.8) is 0 Å². The molecule has 1 aromatic carbocycles. The third kappa shape index (κ3) is 2.39. The van der Waals surface area contributed by atoms with Crippen molar-refractivity contribution in [1.82, 2.24) is 0 Å². The van der Waals surface area contributed by atoms with Crippen LogP contribution in [0.25, 0.3) is 0 Å². The summed E-state index contributed by atoms with van der Waals surface area (Å²) in [5.41, 5.74) is 12.7. The molecule has 0 radical (unpaired) electrons. The van der Waals surface area contributed by atoms with Gasteiger partial charge in [-0.1, -0.05) is 11.6 Å². The number of aliphatic hydroxyl groups excluding tert-OH is 1. The molecule has 0 saturated heterocycles. The summed E-state index contributed by atoms with van der Waals surface area (Å²) in [6, 6.07) is 2.85. The van der Waals surface area contributed by atoms with Crippen molar-refractivity contribution >= 4 is 33.2 Å². The molecular weight excluding hydrogens is 267 g/mol. The van der Waals surface area contributed by atoms with E-state index in [-0.39, 0.29) is 0 Å². The normalized spacial score (nSPS) is 15.2. The molecule has 0 bridgehead atoms. The third-order valence-electron chi connectivity index (χ3n) is 2.00. The predicted molar refractivity (Wildman–Crippen MR) is 62.2 cm³/mol. The second-order valence-electron chi connectivity index (χ2n) is 3.16. The lowest BCUT2D eigenvalue weighted by Gasteiger charge is -2.17. The number of aliphatic hydroxyl groups is 1. The molecule has 3 nitrogen and oxygen atoms in total. The molecule has 1 rings (SSSR count). The van der Waals surface area contributed by atoms with Gasteiger partial charge < -0.3 is 16.6 Å². The first-order valence-electron chi connectivity index (χ1n) is 4.11. The highest BCUT2D eigenvalue weighted by atomic mass is 79.9. The first-order chi connectivity index (χ1) is 6.43. The molecule has 1 aromatic rings. The highest BCUT2D eigenvalue weighted by Crippen LogP contribution is 2.31. The van der Waals surface area contributed by atoms with Crippen molar-refractivity contribution in [3.8, 4) is 0 Å². The minimum absolute atomic E-state index is 0.492. The summed E-state index contributed by atoms with van der Waals surface area (Å²) >= 11 is 9.11. The Kier molecular flexibility index (Phi) is 3.78. The molecule has 0 aliphatic carbocycles. The maximum atomic E-state index is 9.33. The Bertz CT molecular complexity index is 344. The van der Waals surface area contributed by atoms with E-state index in [9.17, 15) is 5.11 Å². The van der Waals surface area contributed by atoms with Gasteiger partial charge in [0.15, 0.2) is 0 Å². The molecule has 0 amide bonds. The van der Waals surface area contributed by atoms with Crippen LogP contribution in [0, 0.1) is 0 Å². The van der Waals surface area contributed by atoms with Crippen LogP contribution < -0.4 is 11.5 Å². The Hall–Kier alpha value is -0.290. The van der Waals surface area contributed by atoms with E-state index in [0.29, 0.717) is 16.3 Å². The quantitative estimate of drug-likeness (QED) is 0.726. The maximum absolute atomic E-state index is 9.33. The van der Waals surface area contributed by atoms with Gasteiger partial charge in [0, 0.05) is 10.2 Å². The molecule has 0 saturated carbocycles. The van der Waals surface area contributed by atoms with Crippen LogP contribution in [-0.4, -0.2) is 11.2 Å². The van der Waals surface area contributed by atoms with Gasteiger partial charge in [0.25, 0.3) is 0 Å². The van der Waals surface area contributed by atoms with E-state index < -0.39 is 12.1 Å². The molecule has 0 heterocycles. The number of hydrogen-bond donors (Lipinski definition) is 3. The number of hydrogen-bond acceptors (Lipinski definition) is 3. The van der Waals surface area contributed by atoms with Crippen LogP contribution in [-0.2, 0) is 0 Å². The fourth-order valence-corrected chi connectivity index (χ4v) is 1.66. The van der Waals surface area contributed by atoms with Crippen molar-refractivity contribution in [2.24, 2.45) is 5.73 Å². The monoisotopic (exact) mass is 278 g/mol. The van der Waals surface area contributed by atoms with E-state index in [2.05, 4.69) is 15.9 Å². The highest BCUT2D eigenvalue weighted by molar-refractivity contribution is 9.10. The molecule has 5 N–H and O–H groups in total. The minimum atomic E-state index is -0.648. The van der Waals surface area contributed by atoms with Gasteiger partial charge in [0.05, 0.1) is 17.2 Å². The van der Waals surface area contributed by atoms with E-state index in [0.717, 1.165) is 4.47 Å². The van der Waals surface area contributed by atoms with E-state index in [4.69, 9.17) is 23.1 Å².